The van der Waals surface area contributed by atoms with Crippen LogP contribution in [0.3, 0.4) is 0 Å². The number of rotatable bonds is 9. The van der Waals surface area contributed by atoms with Crippen molar-refractivity contribution >= 4 is 16.8 Å². The van der Waals surface area contributed by atoms with Crippen molar-refractivity contribution in [2.45, 2.75) is 45.2 Å². The van der Waals surface area contributed by atoms with Gasteiger partial charge < -0.3 is 24.4 Å². The lowest BCUT2D eigenvalue weighted by Crippen LogP contribution is -2.51. The van der Waals surface area contributed by atoms with Crippen LogP contribution in [0.4, 0.5) is 0 Å². The molecule has 7 heteroatoms. The molecule has 0 bridgehead atoms. The number of fused-ring (bicyclic) bond motifs is 1. The fourth-order valence-corrected chi connectivity index (χ4v) is 3.94. The predicted molar refractivity (Wildman–Crippen MR) is 117 cm³/mol. The molecule has 1 aromatic carbocycles. The van der Waals surface area contributed by atoms with Crippen LogP contribution in [0.15, 0.2) is 24.3 Å². The van der Waals surface area contributed by atoms with E-state index in [0.29, 0.717) is 30.2 Å². The molecule has 2 heterocycles. The van der Waals surface area contributed by atoms with Crippen molar-refractivity contribution < 1.29 is 19.0 Å². The maximum absolute atomic E-state index is 13.5. The van der Waals surface area contributed by atoms with Gasteiger partial charge in [-0.1, -0.05) is 0 Å². The number of aromatic nitrogens is 1. The van der Waals surface area contributed by atoms with Gasteiger partial charge in [0.05, 0.1) is 19.2 Å². The van der Waals surface area contributed by atoms with Crippen LogP contribution < -0.4 is 14.8 Å². The van der Waals surface area contributed by atoms with E-state index in [1.165, 1.54) is 0 Å². The molecule has 1 amide bonds. The third-order valence-corrected chi connectivity index (χ3v) is 5.40. The second-order valence-corrected chi connectivity index (χ2v) is 7.89. The Labute approximate surface area is 178 Å². The van der Waals surface area contributed by atoms with E-state index >= 15 is 0 Å². The Balaban J connectivity index is 1.96. The molecule has 3 rings (SSSR count). The summed E-state index contributed by atoms with van der Waals surface area (Å²) in [4.78, 5) is 20.2. The second-order valence-electron chi connectivity index (χ2n) is 7.89. The summed E-state index contributed by atoms with van der Waals surface area (Å²) >= 11 is 0. The lowest BCUT2D eigenvalue weighted by Gasteiger charge is -2.37. The number of pyridine rings is 1. The summed E-state index contributed by atoms with van der Waals surface area (Å²) < 4.78 is 16.5. The van der Waals surface area contributed by atoms with Gasteiger partial charge in [0.25, 0.3) is 5.91 Å². The summed E-state index contributed by atoms with van der Waals surface area (Å²) in [5, 5.41) is 4.24. The lowest BCUT2D eigenvalue weighted by atomic mass is 10.0. The fourth-order valence-electron chi connectivity index (χ4n) is 3.94. The molecule has 0 radical (unpaired) electrons. The van der Waals surface area contributed by atoms with E-state index in [2.05, 4.69) is 24.1 Å². The minimum absolute atomic E-state index is 0.0573. The van der Waals surface area contributed by atoms with Gasteiger partial charge in [-0.2, -0.15) is 0 Å². The van der Waals surface area contributed by atoms with Crippen molar-refractivity contribution in [2.24, 2.45) is 0 Å². The number of nitrogens with one attached hydrogen (secondary N) is 1. The van der Waals surface area contributed by atoms with Gasteiger partial charge >= 0.3 is 0 Å². The van der Waals surface area contributed by atoms with Crippen molar-refractivity contribution in [2.75, 3.05) is 40.5 Å². The number of hydrogen-bond acceptors (Lipinski definition) is 6. The Hall–Kier alpha value is -2.38. The number of hydrogen-bond donors (Lipinski definition) is 1. The van der Waals surface area contributed by atoms with Crippen LogP contribution in [0, 0.1) is 0 Å². The van der Waals surface area contributed by atoms with E-state index < -0.39 is 0 Å². The number of ether oxygens (including phenoxy) is 3. The number of nitrogens with zero attached hydrogens (tertiary/aromatic N) is 2. The number of amides is 1. The van der Waals surface area contributed by atoms with Crippen molar-refractivity contribution in [3.05, 3.63) is 30.0 Å². The molecule has 0 saturated carbocycles. The van der Waals surface area contributed by atoms with E-state index in [9.17, 15) is 4.79 Å². The molecule has 1 saturated heterocycles. The summed E-state index contributed by atoms with van der Waals surface area (Å²) in [6.07, 6.45) is 2.83. The highest BCUT2D eigenvalue weighted by molar-refractivity contribution is 5.97. The van der Waals surface area contributed by atoms with Gasteiger partial charge in [-0.05, 0) is 51.4 Å². The summed E-state index contributed by atoms with van der Waals surface area (Å²) in [5.74, 6) is 1.31. The lowest BCUT2D eigenvalue weighted by molar-refractivity contribution is 0.0567. The molecule has 7 nitrogen and oxygen atoms in total. The zero-order valence-corrected chi connectivity index (χ0v) is 18.4. The molecule has 30 heavy (non-hydrogen) atoms. The number of piperidine rings is 1. The quantitative estimate of drug-likeness (QED) is 0.634. The highest BCUT2D eigenvalue weighted by Crippen LogP contribution is 2.30. The van der Waals surface area contributed by atoms with Gasteiger partial charge in [-0.25, -0.2) is 4.98 Å². The van der Waals surface area contributed by atoms with Crippen molar-refractivity contribution in [3.63, 3.8) is 0 Å². The zero-order valence-electron chi connectivity index (χ0n) is 18.4. The van der Waals surface area contributed by atoms with Crippen molar-refractivity contribution in [3.8, 4) is 11.5 Å². The van der Waals surface area contributed by atoms with Crippen LogP contribution >= 0.6 is 0 Å². The monoisotopic (exact) mass is 415 g/mol. The van der Waals surface area contributed by atoms with Crippen LogP contribution in [-0.2, 0) is 4.74 Å². The fraction of sp³-hybridized carbons (Fsp3) is 0.565. The Kier molecular flexibility index (Phi) is 7.87. The van der Waals surface area contributed by atoms with Gasteiger partial charge in [0.15, 0.2) is 0 Å². The summed E-state index contributed by atoms with van der Waals surface area (Å²) in [6, 6.07) is 7.64. The molecule has 1 N–H and O–H groups in total. The molecule has 164 valence electrons. The normalized spacial score (nSPS) is 16.6. The van der Waals surface area contributed by atoms with Crippen LogP contribution in [0.2, 0.25) is 0 Å². The van der Waals surface area contributed by atoms with Gasteiger partial charge in [0.2, 0.25) is 0 Å². The van der Waals surface area contributed by atoms with Crippen LogP contribution in [-0.4, -0.2) is 68.4 Å². The largest absolute Gasteiger partial charge is 0.497 e. The smallest absolute Gasteiger partial charge is 0.273 e. The van der Waals surface area contributed by atoms with E-state index in [-0.39, 0.29) is 18.0 Å². The maximum atomic E-state index is 13.5. The maximum Gasteiger partial charge on any atom is 0.273 e. The Morgan fingerprint density at radius 3 is 2.77 bits per heavy atom. The predicted octanol–water partition coefficient (Wildman–Crippen LogP) is 3.26. The molecule has 1 aromatic heterocycles. The van der Waals surface area contributed by atoms with Gasteiger partial charge in [0.1, 0.15) is 17.2 Å². The number of benzene rings is 1. The first-order valence-corrected chi connectivity index (χ1v) is 10.7. The van der Waals surface area contributed by atoms with Gasteiger partial charge in [-0.15, -0.1) is 0 Å². The second kappa shape index (κ2) is 10.6. The van der Waals surface area contributed by atoms with Crippen molar-refractivity contribution in [1.29, 1.82) is 0 Å². The molecule has 1 aliphatic rings. The Morgan fingerprint density at radius 2 is 2.10 bits per heavy atom. The van der Waals surface area contributed by atoms with Crippen LogP contribution in [0.1, 0.15) is 43.6 Å². The first-order chi connectivity index (χ1) is 14.5. The molecule has 0 spiro atoms. The van der Waals surface area contributed by atoms with Crippen LogP contribution in [0.5, 0.6) is 11.5 Å². The minimum Gasteiger partial charge on any atom is -0.497 e. The average molecular weight is 416 g/mol. The summed E-state index contributed by atoms with van der Waals surface area (Å²) in [6.45, 7) is 7.05. The van der Waals surface area contributed by atoms with E-state index in [4.69, 9.17) is 14.2 Å². The van der Waals surface area contributed by atoms with E-state index in [1.54, 1.807) is 20.3 Å². The standard InChI is InChI=1S/C23H33N3O4/c1-16(2)26(17-7-5-10-24-15-17)23(27)21-14-22(30-12-6-11-28-3)19-13-18(29-4)8-9-20(19)25-21/h8-9,13-14,16-17,24H,5-7,10-12,15H2,1-4H3/t17-/m1/s1. The first kappa shape index (κ1) is 22.3. The van der Waals surface area contributed by atoms with E-state index in [0.717, 1.165) is 43.5 Å². The van der Waals surface area contributed by atoms with E-state index in [1.807, 2.05) is 23.1 Å². The number of methoxy groups -OCH3 is 2. The third-order valence-electron chi connectivity index (χ3n) is 5.40. The molecular weight excluding hydrogens is 382 g/mol. The zero-order chi connectivity index (χ0) is 21.5. The van der Waals surface area contributed by atoms with Crippen molar-refractivity contribution in [1.82, 2.24) is 15.2 Å². The topological polar surface area (TPSA) is 72.9 Å². The number of carbonyl (C=O) groups excluding carboxylic acids is 1. The SMILES string of the molecule is COCCCOc1cc(C(=O)N(C(C)C)[C@@H]2CCCNC2)nc2ccc(OC)cc12. The highest BCUT2D eigenvalue weighted by atomic mass is 16.5. The minimum atomic E-state index is -0.0573. The van der Waals surface area contributed by atoms with Crippen LogP contribution in [0.25, 0.3) is 10.9 Å². The Morgan fingerprint density at radius 1 is 1.27 bits per heavy atom. The summed E-state index contributed by atoms with van der Waals surface area (Å²) in [7, 11) is 3.30. The molecule has 2 aromatic rings. The molecular formula is C23H33N3O4. The third kappa shape index (κ3) is 5.21. The first-order valence-electron chi connectivity index (χ1n) is 10.7. The molecule has 0 unspecified atom stereocenters. The molecule has 0 aliphatic carbocycles. The van der Waals surface area contributed by atoms with Gasteiger partial charge in [0, 0.05) is 50.2 Å². The molecule has 1 aliphatic heterocycles. The van der Waals surface area contributed by atoms with Gasteiger partial charge in [-0.3, -0.25) is 4.79 Å². The molecule has 1 atom stereocenters. The number of carbonyl (C=O) groups is 1. The molecule has 1 fully saturated rings. The Bertz CT molecular complexity index is 850. The summed E-state index contributed by atoms with van der Waals surface area (Å²) in [5.41, 5.74) is 1.13. The average Bonchev–Trinajstić information content (AvgIpc) is 2.76. The highest BCUT2D eigenvalue weighted by Gasteiger charge is 2.29.